The highest BCUT2D eigenvalue weighted by Crippen LogP contribution is 2.36. The first-order chi connectivity index (χ1) is 16.4. The van der Waals surface area contributed by atoms with Crippen molar-refractivity contribution in [2.45, 2.75) is 44.7 Å². The summed E-state index contributed by atoms with van der Waals surface area (Å²) in [7, 11) is 0. The third-order valence-electron chi connectivity index (χ3n) is 5.83. The fourth-order valence-electron chi connectivity index (χ4n) is 4.08. The van der Waals surface area contributed by atoms with Crippen molar-refractivity contribution in [2.75, 3.05) is 22.5 Å². The molecule has 6 nitrogen and oxygen atoms in total. The van der Waals surface area contributed by atoms with E-state index in [-0.39, 0.29) is 18.0 Å². The average Bonchev–Trinajstić information content (AvgIpc) is 2.83. The Bertz CT molecular complexity index is 1170. The molecule has 1 aliphatic rings. The van der Waals surface area contributed by atoms with Crippen molar-refractivity contribution >= 4 is 35.1 Å². The van der Waals surface area contributed by atoms with E-state index in [9.17, 15) is 9.59 Å². The van der Waals surface area contributed by atoms with E-state index in [0.717, 1.165) is 40.6 Å². The van der Waals surface area contributed by atoms with Crippen LogP contribution in [-0.2, 0) is 6.42 Å². The first-order valence-corrected chi connectivity index (χ1v) is 12.5. The van der Waals surface area contributed by atoms with E-state index in [1.807, 2.05) is 45.0 Å². The number of carbonyl (C=O) groups excluding carboxylic acids is 2. The second kappa shape index (κ2) is 10.7. The SMILES string of the molecule is Cc1cc(C)c2c(n1)SCCN2C(=O)Nc1ccc(C(=O)N[C@H](C)CCc2ccccc2)cc1. The summed E-state index contributed by atoms with van der Waals surface area (Å²) in [6.45, 7) is 6.61. The number of urea groups is 1. The highest BCUT2D eigenvalue weighted by atomic mass is 32.2. The number of aromatic nitrogens is 1. The lowest BCUT2D eigenvalue weighted by Gasteiger charge is -2.30. The molecule has 4 rings (SSSR count). The monoisotopic (exact) mass is 474 g/mol. The number of hydrogen-bond acceptors (Lipinski definition) is 4. The Balaban J connectivity index is 1.34. The summed E-state index contributed by atoms with van der Waals surface area (Å²) in [5, 5.41) is 6.91. The average molecular weight is 475 g/mol. The van der Waals surface area contributed by atoms with Crippen LogP contribution in [0, 0.1) is 13.8 Å². The van der Waals surface area contributed by atoms with E-state index in [4.69, 9.17) is 0 Å². The number of nitrogens with one attached hydrogen (secondary N) is 2. The van der Waals surface area contributed by atoms with Gasteiger partial charge in [0.1, 0.15) is 5.03 Å². The molecule has 2 aromatic carbocycles. The van der Waals surface area contributed by atoms with Gasteiger partial charge in [-0.05, 0) is 75.1 Å². The number of benzene rings is 2. The number of thioether (sulfide) groups is 1. The van der Waals surface area contributed by atoms with Gasteiger partial charge in [-0.2, -0.15) is 0 Å². The molecule has 0 bridgehead atoms. The number of pyridine rings is 1. The second-order valence-electron chi connectivity index (χ2n) is 8.64. The van der Waals surface area contributed by atoms with Crippen molar-refractivity contribution in [3.63, 3.8) is 0 Å². The van der Waals surface area contributed by atoms with Crippen LogP contribution in [0.3, 0.4) is 0 Å². The van der Waals surface area contributed by atoms with Crippen LogP contribution in [0.25, 0.3) is 0 Å². The summed E-state index contributed by atoms with van der Waals surface area (Å²) >= 11 is 1.68. The van der Waals surface area contributed by atoms with Crippen LogP contribution in [0.15, 0.2) is 65.7 Å². The van der Waals surface area contributed by atoms with Crippen molar-refractivity contribution in [2.24, 2.45) is 0 Å². The summed E-state index contributed by atoms with van der Waals surface area (Å²) in [6, 6.07) is 19.1. The van der Waals surface area contributed by atoms with Gasteiger partial charge in [0, 0.05) is 35.3 Å². The van der Waals surface area contributed by atoms with Crippen LogP contribution in [0.4, 0.5) is 16.2 Å². The minimum Gasteiger partial charge on any atom is -0.350 e. The predicted octanol–water partition coefficient (Wildman–Crippen LogP) is 5.59. The van der Waals surface area contributed by atoms with Gasteiger partial charge < -0.3 is 10.6 Å². The number of aryl methyl sites for hydroxylation is 3. The Morgan fingerprint density at radius 3 is 2.56 bits per heavy atom. The van der Waals surface area contributed by atoms with E-state index in [0.29, 0.717) is 17.8 Å². The number of hydrogen-bond donors (Lipinski definition) is 2. The molecule has 3 amide bonds. The molecular formula is C27H30N4O2S. The highest BCUT2D eigenvalue weighted by molar-refractivity contribution is 7.99. The number of rotatable bonds is 6. The van der Waals surface area contributed by atoms with E-state index >= 15 is 0 Å². The van der Waals surface area contributed by atoms with E-state index in [1.165, 1.54) is 5.56 Å². The molecule has 176 valence electrons. The maximum Gasteiger partial charge on any atom is 0.326 e. The Hall–Kier alpha value is -3.32. The Labute approximate surface area is 205 Å². The zero-order chi connectivity index (χ0) is 24.1. The summed E-state index contributed by atoms with van der Waals surface area (Å²) in [5.74, 6) is 0.690. The highest BCUT2D eigenvalue weighted by Gasteiger charge is 2.26. The number of anilines is 2. The standard InChI is InChI=1S/C27H30N4O2S/c1-18-17-20(3)29-26-24(18)31(15-16-34-26)27(33)30-23-13-11-22(12-14-23)25(32)28-19(2)9-10-21-7-5-4-6-8-21/h4-8,11-14,17,19H,9-10,15-16H2,1-3H3,(H,28,32)(H,30,33)/t19-/m1/s1. The van der Waals surface area contributed by atoms with Crippen molar-refractivity contribution in [3.05, 3.63) is 83.0 Å². The molecule has 1 aromatic heterocycles. The van der Waals surface area contributed by atoms with E-state index < -0.39 is 0 Å². The van der Waals surface area contributed by atoms with Gasteiger partial charge in [-0.3, -0.25) is 9.69 Å². The molecule has 1 atom stereocenters. The molecule has 3 aromatic rings. The molecule has 0 unspecified atom stereocenters. The fourth-order valence-corrected chi connectivity index (χ4v) is 5.16. The summed E-state index contributed by atoms with van der Waals surface area (Å²) in [4.78, 5) is 32.0. The van der Waals surface area contributed by atoms with Crippen LogP contribution in [0.1, 0.15) is 40.5 Å². The molecule has 0 fully saturated rings. The van der Waals surface area contributed by atoms with Crippen LogP contribution in [0.5, 0.6) is 0 Å². The normalized spacial score (nSPS) is 13.7. The molecule has 0 spiro atoms. The van der Waals surface area contributed by atoms with Crippen LogP contribution in [-0.4, -0.2) is 35.3 Å². The van der Waals surface area contributed by atoms with Crippen molar-refractivity contribution in [3.8, 4) is 0 Å². The van der Waals surface area contributed by atoms with Crippen LogP contribution < -0.4 is 15.5 Å². The molecule has 0 radical (unpaired) electrons. The topological polar surface area (TPSA) is 74.3 Å². The number of carbonyl (C=O) groups is 2. The van der Waals surface area contributed by atoms with Crippen LogP contribution in [0.2, 0.25) is 0 Å². The van der Waals surface area contributed by atoms with Crippen molar-refractivity contribution < 1.29 is 9.59 Å². The Kier molecular flexibility index (Phi) is 7.53. The number of amides is 3. The molecule has 7 heteroatoms. The van der Waals surface area contributed by atoms with E-state index in [2.05, 4.69) is 27.8 Å². The first kappa shape index (κ1) is 23.8. The van der Waals surface area contributed by atoms with Crippen molar-refractivity contribution in [1.82, 2.24) is 10.3 Å². The van der Waals surface area contributed by atoms with Gasteiger partial charge in [0.2, 0.25) is 0 Å². The third kappa shape index (κ3) is 5.78. The molecule has 34 heavy (non-hydrogen) atoms. The second-order valence-corrected chi connectivity index (χ2v) is 9.72. The van der Waals surface area contributed by atoms with Gasteiger partial charge in [-0.25, -0.2) is 9.78 Å². The van der Waals surface area contributed by atoms with Gasteiger partial charge in [-0.1, -0.05) is 30.3 Å². The lowest BCUT2D eigenvalue weighted by molar-refractivity contribution is 0.0938. The third-order valence-corrected chi connectivity index (χ3v) is 6.78. The molecule has 2 N–H and O–H groups in total. The van der Waals surface area contributed by atoms with Gasteiger partial charge in [0.25, 0.3) is 5.91 Å². The molecule has 0 saturated heterocycles. The molecule has 0 aliphatic carbocycles. The zero-order valence-electron chi connectivity index (χ0n) is 19.8. The number of nitrogens with zero attached hydrogens (tertiary/aromatic N) is 2. The quantitative estimate of drug-likeness (QED) is 0.488. The molecular weight excluding hydrogens is 444 g/mol. The van der Waals surface area contributed by atoms with E-state index in [1.54, 1.807) is 40.9 Å². The Morgan fingerprint density at radius 1 is 1.09 bits per heavy atom. The smallest absolute Gasteiger partial charge is 0.326 e. The predicted molar refractivity (Wildman–Crippen MR) is 139 cm³/mol. The number of fused-ring (bicyclic) bond motifs is 1. The first-order valence-electron chi connectivity index (χ1n) is 11.5. The lowest BCUT2D eigenvalue weighted by atomic mass is 10.1. The largest absolute Gasteiger partial charge is 0.350 e. The summed E-state index contributed by atoms with van der Waals surface area (Å²) < 4.78 is 0. The maximum absolute atomic E-state index is 13.0. The lowest BCUT2D eigenvalue weighted by Crippen LogP contribution is -2.39. The fraction of sp³-hybridized carbons (Fsp3) is 0.296. The molecule has 0 saturated carbocycles. The summed E-state index contributed by atoms with van der Waals surface area (Å²) in [6.07, 6.45) is 1.78. The van der Waals surface area contributed by atoms with Gasteiger partial charge >= 0.3 is 6.03 Å². The van der Waals surface area contributed by atoms with Gasteiger partial charge in [-0.15, -0.1) is 11.8 Å². The Morgan fingerprint density at radius 2 is 1.82 bits per heavy atom. The molecule has 2 heterocycles. The zero-order valence-corrected chi connectivity index (χ0v) is 20.6. The molecule has 1 aliphatic heterocycles. The maximum atomic E-state index is 13.0. The summed E-state index contributed by atoms with van der Waals surface area (Å²) in [5.41, 5.74) is 5.35. The van der Waals surface area contributed by atoms with Crippen molar-refractivity contribution in [1.29, 1.82) is 0 Å². The van der Waals surface area contributed by atoms with Gasteiger partial charge in [0.15, 0.2) is 0 Å². The minimum atomic E-state index is -0.193. The van der Waals surface area contributed by atoms with Gasteiger partial charge in [0.05, 0.1) is 5.69 Å². The minimum absolute atomic E-state index is 0.0598. The van der Waals surface area contributed by atoms with Crippen LogP contribution >= 0.6 is 11.8 Å².